The van der Waals surface area contributed by atoms with Crippen LogP contribution in [0.25, 0.3) is 0 Å². The maximum Gasteiger partial charge on any atom is 0.178 e. The van der Waals surface area contributed by atoms with E-state index in [4.69, 9.17) is 5.41 Å². The molecule has 10 heavy (non-hydrogen) atoms. The summed E-state index contributed by atoms with van der Waals surface area (Å²) in [6.45, 7) is 1.88. The van der Waals surface area contributed by atoms with Crippen molar-refractivity contribution in [3.05, 3.63) is 12.3 Å². The molecule has 0 bridgehead atoms. The Hall–Kier alpha value is -0.900. The Kier molecular flexibility index (Phi) is 2.39. The molecule has 0 fully saturated rings. The molecule has 1 N–H and O–H groups in total. The molecule has 0 amide bonds. The van der Waals surface area contributed by atoms with Gasteiger partial charge in [0, 0.05) is 6.20 Å². The van der Waals surface area contributed by atoms with E-state index in [0.29, 0.717) is 5.04 Å². The largest absolute Gasteiger partial charge is 0.281 e. The summed E-state index contributed by atoms with van der Waals surface area (Å²) in [5, 5.41) is 7.87. The number of rotatable bonds is 1. The predicted molar refractivity (Wildman–Crippen MR) is 46.1 cm³/mol. The van der Waals surface area contributed by atoms with E-state index in [1.165, 1.54) is 11.8 Å². The van der Waals surface area contributed by atoms with Crippen LogP contribution in [0.4, 0.5) is 0 Å². The van der Waals surface area contributed by atoms with Gasteiger partial charge < -0.3 is 0 Å². The van der Waals surface area contributed by atoms with Crippen LogP contribution < -0.4 is 0 Å². The second-order valence-corrected chi connectivity index (χ2v) is 2.45. The molecule has 1 aliphatic rings. The fraction of sp³-hybridized carbons (Fsp3) is 0.167. The molecule has 0 aromatic rings. The molecule has 0 aromatic carbocycles. The lowest BCUT2D eigenvalue weighted by Gasteiger charge is -1.86. The summed E-state index contributed by atoms with van der Waals surface area (Å²) in [5.41, 5.74) is 1.62. The summed E-state index contributed by atoms with van der Waals surface area (Å²) in [5.74, 6) is 0.253. The van der Waals surface area contributed by atoms with Crippen molar-refractivity contribution >= 4 is 28.2 Å². The molecule has 1 heterocycles. The number of hydrogen-bond donors (Lipinski definition) is 1. The second kappa shape index (κ2) is 3.31. The van der Waals surface area contributed by atoms with Crippen molar-refractivity contribution in [3.63, 3.8) is 0 Å². The molecule has 0 atom stereocenters. The zero-order valence-corrected chi connectivity index (χ0v) is 6.35. The normalized spacial score (nSPS) is 21.7. The first-order valence-corrected chi connectivity index (χ1v) is 3.69. The highest BCUT2D eigenvalue weighted by atomic mass is 32.2. The van der Waals surface area contributed by atoms with Crippen LogP contribution >= 0.6 is 11.8 Å². The first-order chi connectivity index (χ1) is 4.84. The lowest BCUT2D eigenvalue weighted by molar-refractivity contribution is 1.48. The van der Waals surface area contributed by atoms with Crippen LogP contribution in [-0.2, 0) is 0 Å². The van der Waals surface area contributed by atoms with E-state index in [0.717, 1.165) is 0 Å². The fourth-order valence-corrected chi connectivity index (χ4v) is 1.02. The number of aliphatic imine (C=N–C) groups is 2. The van der Waals surface area contributed by atoms with Gasteiger partial charge in [-0.05, 0) is 6.92 Å². The van der Waals surface area contributed by atoms with Crippen LogP contribution in [0, 0.1) is 5.41 Å². The summed E-state index contributed by atoms with van der Waals surface area (Å²) in [6, 6.07) is 0. The van der Waals surface area contributed by atoms with Crippen LogP contribution in [0.2, 0.25) is 0 Å². The Balaban J connectivity index is 2.67. The third-order valence-corrected chi connectivity index (χ3v) is 1.62. The Morgan fingerprint density at radius 3 is 3.10 bits per heavy atom. The molecule has 0 radical (unpaired) electrons. The van der Waals surface area contributed by atoms with Crippen LogP contribution in [0.1, 0.15) is 6.92 Å². The van der Waals surface area contributed by atoms with Crippen molar-refractivity contribution in [1.29, 1.82) is 5.41 Å². The molecule has 1 rings (SSSR count). The van der Waals surface area contributed by atoms with Gasteiger partial charge in [0.25, 0.3) is 0 Å². The number of amidine groups is 1. The zero-order chi connectivity index (χ0) is 7.40. The van der Waals surface area contributed by atoms with Crippen molar-refractivity contribution < 1.29 is 0 Å². The van der Waals surface area contributed by atoms with E-state index in [9.17, 15) is 0 Å². The first-order valence-electron chi connectivity index (χ1n) is 2.81. The van der Waals surface area contributed by atoms with Gasteiger partial charge in [0.05, 0.1) is 5.55 Å². The van der Waals surface area contributed by atoms with Crippen LogP contribution in [-0.4, -0.2) is 16.4 Å². The van der Waals surface area contributed by atoms with Crippen molar-refractivity contribution in [2.75, 3.05) is 0 Å². The Morgan fingerprint density at radius 2 is 2.60 bits per heavy atom. The molecule has 0 aromatic heterocycles. The predicted octanol–water partition coefficient (Wildman–Crippen LogP) is 1.67. The number of allylic oxidation sites excluding steroid dienone is 1. The first kappa shape index (κ1) is 7.21. The highest BCUT2D eigenvalue weighted by Crippen LogP contribution is 2.09. The molecule has 0 spiro atoms. The van der Waals surface area contributed by atoms with E-state index in [-0.39, 0.29) is 5.84 Å². The van der Waals surface area contributed by atoms with Gasteiger partial charge in [0.1, 0.15) is 5.04 Å². The summed E-state index contributed by atoms with van der Waals surface area (Å²) in [4.78, 5) is 7.70. The number of nitrogens with zero attached hydrogens (tertiary/aromatic N) is 2. The SMILES string of the molecule is C/C=C\N=C1\SC=NC1=N. The lowest BCUT2D eigenvalue weighted by atomic mass is 10.6. The van der Waals surface area contributed by atoms with Crippen molar-refractivity contribution in [2.24, 2.45) is 9.98 Å². The fourth-order valence-electron chi connectivity index (χ4n) is 0.474. The highest BCUT2D eigenvalue weighted by Gasteiger charge is 2.09. The van der Waals surface area contributed by atoms with E-state index in [1.54, 1.807) is 11.7 Å². The number of thioether (sulfide) groups is 1. The van der Waals surface area contributed by atoms with Gasteiger partial charge in [-0.1, -0.05) is 17.8 Å². The van der Waals surface area contributed by atoms with Crippen LogP contribution in [0.3, 0.4) is 0 Å². The Bertz CT molecular complexity index is 227. The van der Waals surface area contributed by atoms with Gasteiger partial charge in [0.2, 0.25) is 0 Å². The van der Waals surface area contributed by atoms with Gasteiger partial charge in [-0.25, -0.2) is 9.98 Å². The molecule has 0 saturated carbocycles. The van der Waals surface area contributed by atoms with Crippen molar-refractivity contribution in [2.45, 2.75) is 6.92 Å². The van der Waals surface area contributed by atoms with Gasteiger partial charge in [-0.15, -0.1) is 0 Å². The summed E-state index contributed by atoms with van der Waals surface area (Å²) < 4.78 is 0. The monoisotopic (exact) mass is 153 g/mol. The minimum atomic E-state index is 0.253. The number of nitrogens with one attached hydrogen (secondary N) is 1. The standard InChI is InChI=1S/C6H7N3S/c1-2-3-8-6-5(7)9-4-10-6/h2-4,7H,1H3/b3-2-,7-5?,8-6+. The van der Waals surface area contributed by atoms with Crippen molar-refractivity contribution in [3.8, 4) is 0 Å². The molecule has 52 valence electrons. The highest BCUT2D eigenvalue weighted by molar-refractivity contribution is 8.27. The average molecular weight is 153 g/mol. The zero-order valence-electron chi connectivity index (χ0n) is 5.53. The van der Waals surface area contributed by atoms with Crippen LogP contribution in [0.15, 0.2) is 22.3 Å². The summed E-state index contributed by atoms with van der Waals surface area (Å²) >= 11 is 1.37. The maximum absolute atomic E-state index is 7.20. The van der Waals surface area contributed by atoms with Gasteiger partial charge in [-0.3, -0.25) is 5.41 Å². The molecular formula is C6H7N3S. The van der Waals surface area contributed by atoms with E-state index in [2.05, 4.69) is 9.98 Å². The Morgan fingerprint density at radius 1 is 1.80 bits per heavy atom. The van der Waals surface area contributed by atoms with Gasteiger partial charge in [-0.2, -0.15) is 0 Å². The molecule has 0 unspecified atom stereocenters. The lowest BCUT2D eigenvalue weighted by Crippen LogP contribution is -1.98. The maximum atomic E-state index is 7.20. The minimum Gasteiger partial charge on any atom is -0.281 e. The minimum absolute atomic E-state index is 0.253. The van der Waals surface area contributed by atoms with E-state index < -0.39 is 0 Å². The molecule has 4 heteroatoms. The van der Waals surface area contributed by atoms with Crippen molar-refractivity contribution in [1.82, 2.24) is 0 Å². The molecule has 3 nitrogen and oxygen atoms in total. The Labute approximate surface area is 63.5 Å². The quantitative estimate of drug-likeness (QED) is 0.612. The summed E-state index contributed by atoms with van der Waals surface area (Å²) in [6.07, 6.45) is 3.48. The third kappa shape index (κ3) is 1.54. The molecule has 0 aliphatic carbocycles. The summed E-state index contributed by atoms with van der Waals surface area (Å²) in [7, 11) is 0. The second-order valence-electron chi connectivity index (χ2n) is 1.62. The van der Waals surface area contributed by atoms with Gasteiger partial charge in [0.15, 0.2) is 5.84 Å². The van der Waals surface area contributed by atoms with E-state index >= 15 is 0 Å². The van der Waals surface area contributed by atoms with Gasteiger partial charge >= 0.3 is 0 Å². The molecular weight excluding hydrogens is 146 g/mol. The molecule has 0 saturated heterocycles. The topological polar surface area (TPSA) is 48.6 Å². The van der Waals surface area contributed by atoms with Crippen LogP contribution in [0.5, 0.6) is 0 Å². The number of hydrogen-bond acceptors (Lipinski definition) is 3. The molecule has 1 aliphatic heterocycles. The van der Waals surface area contributed by atoms with E-state index in [1.807, 2.05) is 13.0 Å². The smallest absolute Gasteiger partial charge is 0.178 e. The average Bonchev–Trinajstić information content (AvgIpc) is 2.31. The third-order valence-electron chi connectivity index (χ3n) is 0.890.